The van der Waals surface area contributed by atoms with Crippen molar-refractivity contribution in [2.75, 3.05) is 7.11 Å². The van der Waals surface area contributed by atoms with Gasteiger partial charge in [0.2, 0.25) is 0 Å². The highest BCUT2D eigenvalue weighted by molar-refractivity contribution is 5.74. The van der Waals surface area contributed by atoms with E-state index in [-0.39, 0.29) is 17.9 Å². The predicted octanol–water partition coefficient (Wildman–Crippen LogP) is 1.86. The first-order valence-electron chi connectivity index (χ1n) is 4.37. The van der Waals surface area contributed by atoms with E-state index in [0.29, 0.717) is 0 Å². The van der Waals surface area contributed by atoms with Gasteiger partial charge in [0, 0.05) is 12.4 Å². The van der Waals surface area contributed by atoms with Gasteiger partial charge in [-0.3, -0.25) is 0 Å². The third kappa shape index (κ3) is 2.11. The van der Waals surface area contributed by atoms with Crippen LogP contribution < -0.4 is 0 Å². The molecule has 1 aromatic heterocycles. The first-order valence-corrected chi connectivity index (χ1v) is 4.37. The highest BCUT2D eigenvalue weighted by Crippen LogP contribution is 2.18. The first-order chi connectivity index (χ1) is 6.16. The van der Waals surface area contributed by atoms with E-state index in [1.807, 2.05) is 42.9 Å². The monoisotopic (exact) mass is 181 g/mol. The molecule has 0 spiro atoms. The molecule has 0 saturated heterocycles. The largest absolute Gasteiger partial charge is 0.467 e. The highest BCUT2D eigenvalue weighted by Gasteiger charge is 2.23. The van der Waals surface area contributed by atoms with Crippen molar-refractivity contribution in [2.24, 2.45) is 5.92 Å². The van der Waals surface area contributed by atoms with Crippen LogP contribution in [0.25, 0.3) is 0 Å². The van der Waals surface area contributed by atoms with E-state index >= 15 is 0 Å². The summed E-state index contributed by atoms with van der Waals surface area (Å²) in [7, 11) is 1.42. The molecule has 13 heavy (non-hydrogen) atoms. The van der Waals surface area contributed by atoms with Crippen molar-refractivity contribution in [3.8, 4) is 0 Å². The SMILES string of the molecule is COC(=O)C(C(C)C)n1cccc1. The Balaban J connectivity index is 2.87. The number of nitrogens with zero attached hydrogens (tertiary/aromatic N) is 1. The van der Waals surface area contributed by atoms with E-state index in [9.17, 15) is 4.79 Å². The fraction of sp³-hybridized carbons (Fsp3) is 0.500. The molecule has 1 aromatic rings. The highest BCUT2D eigenvalue weighted by atomic mass is 16.5. The van der Waals surface area contributed by atoms with Gasteiger partial charge in [-0.25, -0.2) is 4.79 Å². The van der Waals surface area contributed by atoms with Crippen molar-refractivity contribution in [1.82, 2.24) is 4.57 Å². The van der Waals surface area contributed by atoms with Gasteiger partial charge in [0.15, 0.2) is 0 Å². The zero-order valence-electron chi connectivity index (χ0n) is 8.23. The Labute approximate surface area is 78.3 Å². The molecule has 3 heteroatoms. The summed E-state index contributed by atoms with van der Waals surface area (Å²) < 4.78 is 6.61. The molecular formula is C10H15NO2. The smallest absolute Gasteiger partial charge is 0.329 e. The molecule has 72 valence electrons. The third-order valence-corrected chi connectivity index (χ3v) is 2.02. The van der Waals surface area contributed by atoms with Crippen molar-refractivity contribution in [2.45, 2.75) is 19.9 Å². The van der Waals surface area contributed by atoms with Crippen molar-refractivity contribution in [1.29, 1.82) is 0 Å². The first kappa shape index (κ1) is 9.84. The quantitative estimate of drug-likeness (QED) is 0.666. The van der Waals surface area contributed by atoms with E-state index in [0.717, 1.165) is 0 Å². The molecule has 1 rings (SSSR count). The number of carbonyl (C=O) groups is 1. The molecule has 1 heterocycles. The molecule has 1 unspecified atom stereocenters. The molecule has 0 bridgehead atoms. The molecule has 0 N–H and O–H groups in total. The third-order valence-electron chi connectivity index (χ3n) is 2.02. The molecule has 3 nitrogen and oxygen atoms in total. The van der Waals surface area contributed by atoms with Crippen LogP contribution in [-0.4, -0.2) is 17.6 Å². The lowest BCUT2D eigenvalue weighted by Gasteiger charge is -2.19. The van der Waals surface area contributed by atoms with Gasteiger partial charge in [-0.1, -0.05) is 13.8 Å². The molecule has 0 saturated carbocycles. The van der Waals surface area contributed by atoms with Crippen LogP contribution in [0.2, 0.25) is 0 Å². The van der Waals surface area contributed by atoms with Crippen LogP contribution in [0.4, 0.5) is 0 Å². The standard InChI is InChI=1S/C10H15NO2/c1-8(2)9(10(12)13-3)11-6-4-5-7-11/h4-9H,1-3H3. The Morgan fingerprint density at radius 2 is 1.85 bits per heavy atom. The van der Waals surface area contributed by atoms with Gasteiger partial charge >= 0.3 is 5.97 Å². The molecule has 0 aliphatic heterocycles. The van der Waals surface area contributed by atoms with E-state index in [1.165, 1.54) is 7.11 Å². The molecule has 0 aliphatic carbocycles. The molecular weight excluding hydrogens is 166 g/mol. The lowest BCUT2D eigenvalue weighted by atomic mass is 10.0. The van der Waals surface area contributed by atoms with Crippen molar-refractivity contribution in [3.05, 3.63) is 24.5 Å². The molecule has 1 atom stereocenters. The minimum absolute atomic E-state index is 0.189. The van der Waals surface area contributed by atoms with Crippen LogP contribution in [0.1, 0.15) is 19.9 Å². The predicted molar refractivity (Wildman–Crippen MR) is 50.3 cm³/mol. The van der Waals surface area contributed by atoms with Crippen LogP contribution in [0.15, 0.2) is 24.5 Å². The Morgan fingerprint density at radius 1 is 1.31 bits per heavy atom. The summed E-state index contributed by atoms with van der Waals surface area (Å²) in [4.78, 5) is 11.4. The van der Waals surface area contributed by atoms with E-state index < -0.39 is 0 Å². The number of hydrogen-bond donors (Lipinski definition) is 0. The second-order valence-corrected chi connectivity index (χ2v) is 3.34. The minimum Gasteiger partial charge on any atom is -0.467 e. The molecule has 0 fully saturated rings. The van der Waals surface area contributed by atoms with Gasteiger partial charge in [-0.2, -0.15) is 0 Å². The van der Waals surface area contributed by atoms with Crippen LogP contribution in [0, 0.1) is 5.92 Å². The van der Waals surface area contributed by atoms with Crippen LogP contribution in [0.3, 0.4) is 0 Å². The molecule has 0 amide bonds. The van der Waals surface area contributed by atoms with Crippen LogP contribution in [-0.2, 0) is 9.53 Å². The zero-order valence-corrected chi connectivity index (χ0v) is 8.23. The van der Waals surface area contributed by atoms with Crippen molar-refractivity contribution >= 4 is 5.97 Å². The van der Waals surface area contributed by atoms with Gasteiger partial charge in [0.05, 0.1) is 7.11 Å². The Kier molecular flexibility index (Phi) is 3.12. The average molecular weight is 181 g/mol. The minimum atomic E-state index is -0.208. The number of rotatable bonds is 3. The summed E-state index contributed by atoms with van der Waals surface area (Å²) in [5.74, 6) is 0.0473. The van der Waals surface area contributed by atoms with Crippen LogP contribution in [0.5, 0.6) is 0 Å². The number of esters is 1. The number of ether oxygens (including phenoxy) is 1. The fourth-order valence-electron chi connectivity index (χ4n) is 1.39. The summed E-state index contributed by atoms with van der Waals surface area (Å²) >= 11 is 0. The summed E-state index contributed by atoms with van der Waals surface area (Å²) in [5.41, 5.74) is 0. The average Bonchev–Trinajstić information content (AvgIpc) is 2.56. The Hall–Kier alpha value is -1.25. The van der Waals surface area contributed by atoms with E-state index in [2.05, 4.69) is 0 Å². The maximum Gasteiger partial charge on any atom is 0.329 e. The van der Waals surface area contributed by atoms with Gasteiger partial charge in [0.25, 0.3) is 0 Å². The number of hydrogen-bond acceptors (Lipinski definition) is 2. The second kappa shape index (κ2) is 4.12. The number of aromatic nitrogens is 1. The molecule has 0 aromatic carbocycles. The maximum atomic E-state index is 11.4. The van der Waals surface area contributed by atoms with E-state index in [4.69, 9.17) is 4.74 Å². The lowest BCUT2D eigenvalue weighted by Crippen LogP contribution is -2.24. The normalized spacial score (nSPS) is 12.9. The Bertz CT molecular complexity index is 264. The molecule has 0 radical (unpaired) electrons. The van der Waals surface area contributed by atoms with Crippen molar-refractivity contribution < 1.29 is 9.53 Å². The van der Waals surface area contributed by atoms with E-state index in [1.54, 1.807) is 0 Å². The van der Waals surface area contributed by atoms with Gasteiger partial charge in [0.1, 0.15) is 6.04 Å². The zero-order chi connectivity index (χ0) is 9.84. The number of methoxy groups -OCH3 is 1. The summed E-state index contributed by atoms with van der Waals surface area (Å²) in [6, 6.07) is 3.59. The topological polar surface area (TPSA) is 31.2 Å². The van der Waals surface area contributed by atoms with Gasteiger partial charge in [-0.15, -0.1) is 0 Å². The van der Waals surface area contributed by atoms with Crippen molar-refractivity contribution in [3.63, 3.8) is 0 Å². The van der Waals surface area contributed by atoms with Gasteiger partial charge in [-0.05, 0) is 18.1 Å². The summed E-state index contributed by atoms with van der Waals surface area (Å²) in [6.07, 6.45) is 3.75. The van der Waals surface area contributed by atoms with Gasteiger partial charge < -0.3 is 9.30 Å². The lowest BCUT2D eigenvalue weighted by molar-refractivity contribution is -0.146. The Morgan fingerprint density at radius 3 is 2.23 bits per heavy atom. The fourth-order valence-corrected chi connectivity index (χ4v) is 1.39. The second-order valence-electron chi connectivity index (χ2n) is 3.34. The van der Waals surface area contributed by atoms with Crippen LogP contribution >= 0.6 is 0 Å². The number of carbonyl (C=O) groups excluding carboxylic acids is 1. The summed E-state index contributed by atoms with van der Waals surface area (Å²) in [6.45, 7) is 4.00. The summed E-state index contributed by atoms with van der Waals surface area (Å²) in [5, 5.41) is 0. The molecule has 0 aliphatic rings. The maximum absolute atomic E-state index is 11.4.